The van der Waals surface area contributed by atoms with Crippen LogP contribution in [0.5, 0.6) is 0 Å². The van der Waals surface area contributed by atoms with Crippen LogP contribution in [-0.4, -0.2) is 21.2 Å². The summed E-state index contributed by atoms with van der Waals surface area (Å²) in [4.78, 5) is 11.0. The molecule has 1 amide bonds. The van der Waals surface area contributed by atoms with Crippen molar-refractivity contribution < 1.29 is 4.79 Å². The second kappa shape index (κ2) is 5.45. The van der Waals surface area contributed by atoms with Gasteiger partial charge < -0.3 is 11.5 Å². The van der Waals surface area contributed by atoms with Crippen molar-refractivity contribution in [2.75, 3.05) is 0 Å². The van der Waals surface area contributed by atoms with Crippen LogP contribution in [-0.2, 0) is 11.3 Å². The summed E-state index contributed by atoms with van der Waals surface area (Å²) in [7, 11) is 0. The minimum absolute atomic E-state index is 0.450. The average Bonchev–Trinajstić information content (AvgIpc) is 2.59. The first kappa shape index (κ1) is 13.2. The van der Waals surface area contributed by atoms with Crippen LogP contribution < -0.4 is 11.5 Å². The molecule has 1 rings (SSSR count). The fourth-order valence-electron chi connectivity index (χ4n) is 1.35. The van der Waals surface area contributed by atoms with Gasteiger partial charge in [0.2, 0.25) is 5.91 Å². The minimum Gasteiger partial charge on any atom is -0.368 e. The van der Waals surface area contributed by atoms with Crippen molar-refractivity contribution in [2.24, 2.45) is 11.5 Å². The Balaban J connectivity index is 2.24. The van der Waals surface area contributed by atoms with E-state index in [4.69, 9.17) is 11.5 Å². The molecule has 1 aromatic heterocycles. The maximum absolute atomic E-state index is 11.0. The first-order valence-electron chi connectivity index (χ1n) is 5.18. The lowest BCUT2D eigenvalue weighted by Gasteiger charge is -2.19. The van der Waals surface area contributed by atoms with Crippen molar-refractivity contribution in [1.29, 1.82) is 0 Å². The molecular weight excluding hydrogens is 272 g/mol. The van der Waals surface area contributed by atoms with Gasteiger partial charge in [-0.25, -0.2) is 0 Å². The lowest BCUT2D eigenvalue weighted by Crippen LogP contribution is -2.49. The Morgan fingerprint density at radius 2 is 2.31 bits per heavy atom. The summed E-state index contributed by atoms with van der Waals surface area (Å²) in [5.41, 5.74) is 10.0. The molecule has 0 aliphatic carbocycles. The Kier molecular flexibility index (Phi) is 4.49. The van der Waals surface area contributed by atoms with Gasteiger partial charge in [0.25, 0.3) is 0 Å². The zero-order valence-electron chi connectivity index (χ0n) is 9.32. The quantitative estimate of drug-likeness (QED) is 0.766. The van der Waals surface area contributed by atoms with E-state index in [1.165, 1.54) is 0 Å². The first-order valence-corrected chi connectivity index (χ1v) is 5.98. The van der Waals surface area contributed by atoms with Crippen molar-refractivity contribution in [3.05, 3.63) is 16.9 Å². The normalized spacial score (nSPS) is 14.7. The number of aryl methyl sites for hydroxylation is 1. The molecule has 1 aromatic rings. The van der Waals surface area contributed by atoms with Crippen LogP contribution in [0.25, 0.3) is 0 Å². The van der Waals surface area contributed by atoms with Crippen molar-refractivity contribution in [2.45, 2.75) is 38.3 Å². The zero-order chi connectivity index (χ0) is 12.2. The van der Waals surface area contributed by atoms with Crippen molar-refractivity contribution >= 4 is 21.8 Å². The molecule has 16 heavy (non-hydrogen) atoms. The van der Waals surface area contributed by atoms with Gasteiger partial charge in [-0.2, -0.15) is 5.10 Å². The predicted octanol–water partition coefficient (Wildman–Crippen LogP) is 1.02. The summed E-state index contributed by atoms with van der Waals surface area (Å²) in [5.74, 6) is -0.450. The third kappa shape index (κ3) is 3.94. The molecule has 0 aliphatic rings. The molecule has 0 radical (unpaired) electrons. The van der Waals surface area contributed by atoms with Crippen LogP contribution in [0.1, 0.15) is 26.2 Å². The molecule has 1 heterocycles. The van der Waals surface area contributed by atoms with Gasteiger partial charge in [0.1, 0.15) is 0 Å². The molecule has 0 saturated heterocycles. The SMILES string of the molecule is CC(N)(CCCCn1cc(Br)cn1)C(N)=O. The number of rotatable bonds is 6. The third-order valence-corrected chi connectivity index (χ3v) is 2.91. The van der Waals surface area contributed by atoms with E-state index in [0.717, 1.165) is 23.9 Å². The molecule has 0 aromatic carbocycles. The van der Waals surface area contributed by atoms with Gasteiger partial charge in [-0.1, -0.05) is 0 Å². The zero-order valence-corrected chi connectivity index (χ0v) is 10.9. The predicted molar refractivity (Wildman–Crippen MR) is 65.6 cm³/mol. The molecular formula is C10H17BrN4O. The van der Waals surface area contributed by atoms with E-state index >= 15 is 0 Å². The Labute approximate surface area is 103 Å². The number of primary amides is 1. The lowest BCUT2D eigenvalue weighted by atomic mass is 9.95. The lowest BCUT2D eigenvalue weighted by molar-refractivity contribution is -0.122. The second-order valence-electron chi connectivity index (χ2n) is 4.16. The third-order valence-electron chi connectivity index (χ3n) is 2.50. The van der Waals surface area contributed by atoms with Crippen molar-refractivity contribution in [3.8, 4) is 0 Å². The standard InChI is InChI=1S/C10H17BrN4O/c1-10(13,9(12)16)4-2-3-5-15-7-8(11)6-14-15/h6-7H,2-5,13H2,1H3,(H2,12,16). The van der Waals surface area contributed by atoms with E-state index in [0.29, 0.717) is 6.42 Å². The largest absolute Gasteiger partial charge is 0.368 e. The van der Waals surface area contributed by atoms with Crippen molar-refractivity contribution in [1.82, 2.24) is 9.78 Å². The Morgan fingerprint density at radius 1 is 1.62 bits per heavy atom. The number of hydrogen-bond acceptors (Lipinski definition) is 3. The van der Waals surface area contributed by atoms with E-state index in [-0.39, 0.29) is 0 Å². The molecule has 0 saturated carbocycles. The maximum Gasteiger partial charge on any atom is 0.237 e. The summed E-state index contributed by atoms with van der Waals surface area (Å²) >= 11 is 3.33. The number of hydrogen-bond donors (Lipinski definition) is 2. The number of nitrogens with zero attached hydrogens (tertiary/aromatic N) is 2. The number of unbranched alkanes of at least 4 members (excludes halogenated alkanes) is 1. The number of nitrogens with two attached hydrogens (primary N) is 2. The highest BCUT2D eigenvalue weighted by Gasteiger charge is 2.24. The maximum atomic E-state index is 11.0. The first-order chi connectivity index (χ1) is 7.42. The van der Waals surface area contributed by atoms with Gasteiger partial charge in [-0.3, -0.25) is 9.48 Å². The molecule has 0 fully saturated rings. The highest BCUT2D eigenvalue weighted by atomic mass is 79.9. The number of aromatic nitrogens is 2. The smallest absolute Gasteiger partial charge is 0.237 e. The number of carbonyl (C=O) groups is 1. The fraction of sp³-hybridized carbons (Fsp3) is 0.600. The van der Waals surface area contributed by atoms with E-state index < -0.39 is 11.4 Å². The average molecular weight is 289 g/mol. The van der Waals surface area contributed by atoms with Crippen LogP contribution in [0.3, 0.4) is 0 Å². The molecule has 0 bridgehead atoms. The summed E-state index contributed by atoms with van der Waals surface area (Å²) in [6, 6.07) is 0. The highest BCUT2D eigenvalue weighted by Crippen LogP contribution is 2.12. The van der Waals surface area contributed by atoms with E-state index in [9.17, 15) is 4.79 Å². The van der Waals surface area contributed by atoms with Crippen LogP contribution in [0, 0.1) is 0 Å². The van der Waals surface area contributed by atoms with E-state index in [1.807, 2.05) is 10.9 Å². The van der Waals surface area contributed by atoms with E-state index in [2.05, 4.69) is 21.0 Å². The minimum atomic E-state index is -0.898. The summed E-state index contributed by atoms with van der Waals surface area (Å²) in [6.07, 6.45) is 6.04. The molecule has 5 nitrogen and oxygen atoms in total. The highest BCUT2D eigenvalue weighted by molar-refractivity contribution is 9.10. The van der Waals surface area contributed by atoms with Crippen LogP contribution in [0.4, 0.5) is 0 Å². The summed E-state index contributed by atoms with van der Waals surface area (Å²) < 4.78 is 2.82. The van der Waals surface area contributed by atoms with Crippen molar-refractivity contribution in [3.63, 3.8) is 0 Å². The van der Waals surface area contributed by atoms with E-state index in [1.54, 1.807) is 13.1 Å². The number of amides is 1. The van der Waals surface area contributed by atoms with Gasteiger partial charge in [0, 0.05) is 12.7 Å². The van der Waals surface area contributed by atoms with Gasteiger partial charge in [0.05, 0.1) is 16.2 Å². The van der Waals surface area contributed by atoms with Crippen LogP contribution in [0.15, 0.2) is 16.9 Å². The molecule has 90 valence electrons. The Morgan fingerprint density at radius 3 is 2.81 bits per heavy atom. The van der Waals surface area contributed by atoms with Gasteiger partial charge >= 0.3 is 0 Å². The molecule has 0 aliphatic heterocycles. The van der Waals surface area contributed by atoms with Gasteiger partial charge in [-0.15, -0.1) is 0 Å². The Hall–Kier alpha value is -0.880. The molecule has 1 unspecified atom stereocenters. The topological polar surface area (TPSA) is 86.9 Å². The van der Waals surface area contributed by atoms with Crippen LogP contribution >= 0.6 is 15.9 Å². The fourth-order valence-corrected chi connectivity index (χ4v) is 1.68. The summed E-state index contributed by atoms with van der Waals surface area (Å²) in [6.45, 7) is 2.49. The molecule has 0 spiro atoms. The number of carbonyl (C=O) groups excluding carboxylic acids is 1. The molecule has 4 N–H and O–H groups in total. The second-order valence-corrected chi connectivity index (χ2v) is 5.08. The van der Waals surface area contributed by atoms with Gasteiger partial charge in [0.15, 0.2) is 0 Å². The number of halogens is 1. The molecule has 6 heteroatoms. The van der Waals surface area contributed by atoms with Crippen LogP contribution in [0.2, 0.25) is 0 Å². The summed E-state index contributed by atoms with van der Waals surface area (Å²) in [5, 5.41) is 4.13. The monoisotopic (exact) mass is 288 g/mol. The Bertz CT molecular complexity index is 361. The van der Waals surface area contributed by atoms with Gasteiger partial charge in [-0.05, 0) is 42.1 Å². The molecule has 1 atom stereocenters.